The van der Waals surface area contributed by atoms with Crippen LogP contribution in [0.25, 0.3) is 10.9 Å². The molecule has 12 heavy (non-hydrogen) atoms. The zero-order valence-electron chi connectivity index (χ0n) is 6.16. The average molecular weight is 224 g/mol. The van der Waals surface area contributed by atoms with Crippen LogP contribution in [-0.2, 0) is 0 Å². The van der Waals surface area contributed by atoms with E-state index < -0.39 is 0 Å². The first-order valence-corrected chi connectivity index (χ1v) is 4.21. The molecule has 1 aromatic carbocycles. The fourth-order valence-corrected chi connectivity index (χ4v) is 1.63. The van der Waals surface area contributed by atoms with E-state index in [0.29, 0.717) is 5.69 Å². The van der Waals surface area contributed by atoms with E-state index in [-0.39, 0.29) is 0 Å². The largest absolute Gasteiger partial charge is 0.399 e. The van der Waals surface area contributed by atoms with Crippen LogP contribution >= 0.6 is 15.9 Å². The van der Waals surface area contributed by atoms with Gasteiger partial charge in [-0.25, -0.2) is 9.97 Å². The zero-order chi connectivity index (χ0) is 8.55. The second kappa shape index (κ2) is 2.71. The van der Waals surface area contributed by atoms with Gasteiger partial charge in [-0.15, -0.1) is 0 Å². The smallest absolute Gasteiger partial charge is 0.116 e. The molecular formula is C8H6BrN3. The lowest BCUT2D eigenvalue weighted by Crippen LogP contribution is -1.87. The molecule has 0 spiro atoms. The summed E-state index contributed by atoms with van der Waals surface area (Å²) in [6, 6.07) is 3.66. The number of rotatable bonds is 0. The molecule has 1 heterocycles. The van der Waals surface area contributed by atoms with Gasteiger partial charge >= 0.3 is 0 Å². The molecule has 0 aliphatic rings. The number of nitrogen functional groups attached to an aromatic ring is 1. The third kappa shape index (κ3) is 1.14. The van der Waals surface area contributed by atoms with E-state index in [2.05, 4.69) is 25.9 Å². The molecule has 60 valence electrons. The minimum Gasteiger partial charge on any atom is -0.399 e. The molecule has 0 aliphatic carbocycles. The lowest BCUT2D eigenvalue weighted by Gasteiger charge is -1.99. The quantitative estimate of drug-likeness (QED) is 0.696. The highest BCUT2D eigenvalue weighted by atomic mass is 79.9. The number of halogens is 1. The highest BCUT2D eigenvalue weighted by molar-refractivity contribution is 9.10. The molecule has 0 amide bonds. The van der Waals surface area contributed by atoms with E-state index in [0.717, 1.165) is 15.4 Å². The summed E-state index contributed by atoms with van der Waals surface area (Å²) in [7, 11) is 0. The molecule has 3 nitrogen and oxygen atoms in total. The molecule has 4 heteroatoms. The van der Waals surface area contributed by atoms with Gasteiger partial charge < -0.3 is 5.73 Å². The molecule has 1 aromatic heterocycles. The Bertz CT molecular complexity index is 428. The first kappa shape index (κ1) is 7.49. The van der Waals surface area contributed by atoms with Crippen molar-refractivity contribution in [1.82, 2.24) is 9.97 Å². The number of nitrogens with two attached hydrogens (primary N) is 1. The maximum atomic E-state index is 5.63. The van der Waals surface area contributed by atoms with Crippen molar-refractivity contribution in [2.75, 3.05) is 5.73 Å². The summed E-state index contributed by atoms with van der Waals surface area (Å²) < 4.78 is 0.929. The lowest BCUT2D eigenvalue weighted by molar-refractivity contribution is 1.22. The van der Waals surface area contributed by atoms with Gasteiger partial charge in [0.25, 0.3) is 0 Å². The van der Waals surface area contributed by atoms with Crippen LogP contribution in [-0.4, -0.2) is 9.97 Å². The average Bonchev–Trinajstić information content (AvgIpc) is 2.04. The van der Waals surface area contributed by atoms with Gasteiger partial charge in [-0.1, -0.05) is 0 Å². The maximum absolute atomic E-state index is 5.63. The third-order valence-corrected chi connectivity index (χ3v) is 2.25. The topological polar surface area (TPSA) is 51.8 Å². The van der Waals surface area contributed by atoms with Crippen LogP contribution < -0.4 is 5.73 Å². The van der Waals surface area contributed by atoms with Crippen LogP contribution in [0.15, 0.2) is 29.1 Å². The van der Waals surface area contributed by atoms with Gasteiger partial charge in [-0.2, -0.15) is 0 Å². The number of benzene rings is 1. The second-order valence-corrected chi connectivity index (χ2v) is 3.31. The molecule has 0 saturated heterocycles. The van der Waals surface area contributed by atoms with Crippen molar-refractivity contribution in [1.29, 1.82) is 0 Å². The van der Waals surface area contributed by atoms with Crippen molar-refractivity contribution in [2.24, 2.45) is 0 Å². The van der Waals surface area contributed by atoms with Gasteiger partial charge in [0.2, 0.25) is 0 Å². The number of nitrogens with zero attached hydrogens (tertiary/aromatic N) is 2. The Labute approximate surface area is 77.8 Å². The summed E-state index contributed by atoms with van der Waals surface area (Å²) in [5, 5.41) is 0.978. The molecule has 2 N–H and O–H groups in total. The third-order valence-electron chi connectivity index (χ3n) is 1.60. The van der Waals surface area contributed by atoms with E-state index in [1.165, 1.54) is 6.33 Å². The summed E-state index contributed by atoms with van der Waals surface area (Å²) >= 11 is 3.39. The molecular weight excluding hydrogens is 218 g/mol. The normalized spacial score (nSPS) is 10.4. The molecule has 0 bridgehead atoms. The summed E-state index contributed by atoms with van der Waals surface area (Å²) in [5.74, 6) is 0. The Balaban J connectivity index is 2.89. The first-order valence-electron chi connectivity index (χ1n) is 3.42. The maximum Gasteiger partial charge on any atom is 0.116 e. The molecule has 0 fully saturated rings. The van der Waals surface area contributed by atoms with E-state index in [1.54, 1.807) is 6.20 Å². The van der Waals surface area contributed by atoms with Gasteiger partial charge in [0, 0.05) is 21.7 Å². The minimum atomic E-state index is 0.702. The summed E-state index contributed by atoms with van der Waals surface area (Å²) in [6.07, 6.45) is 3.26. The van der Waals surface area contributed by atoms with Gasteiger partial charge in [-0.3, -0.25) is 0 Å². The van der Waals surface area contributed by atoms with Crippen molar-refractivity contribution in [3.63, 3.8) is 0 Å². The van der Waals surface area contributed by atoms with Crippen molar-refractivity contribution in [3.8, 4) is 0 Å². The highest BCUT2D eigenvalue weighted by Gasteiger charge is 1.99. The van der Waals surface area contributed by atoms with Crippen molar-refractivity contribution in [3.05, 3.63) is 29.1 Å². The fraction of sp³-hybridized carbons (Fsp3) is 0. The SMILES string of the molecule is Nc1cc(Br)c2cncnc2c1. The molecule has 2 aromatic rings. The molecule has 0 saturated carbocycles. The number of hydrogen-bond acceptors (Lipinski definition) is 3. The minimum absolute atomic E-state index is 0.702. The van der Waals surface area contributed by atoms with Crippen molar-refractivity contribution >= 4 is 32.5 Å². The van der Waals surface area contributed by atoms with Gasteiger partial charge in [0.05, 0.1) is 5.52 Å². The van der Waals surface area contributed by atoms with Gasteiger partial charge in [0.1, 0.15) is 6.33 Å². The van der Waals surface area contributed by atoms with Gasteiger partial charge in [-0.05, 0) is 28.1 Å². The predicted molar refractivity (Wildman–Crippen MR) is 51.7 cm³/mol. The van der Waals surface area contributed by atoms with Crippen LogP contribution in [0.4, 0.5) is 5.69 Å². The number of fused-ring (bicyclic) bond motifs is 1. The van der Waals surface area contributed by atoms with E-state index in [4.69, 9.17) is 5.73 Å². The van der Waals surface area contributed by atoms with Crippen LogP contribution in [0.5, 0.6) is 0 Å². The number of anilines is 1. The lowest BCUT2D eigenvalue weighted by atomic mass is 10.2. The van der Waals surface area contributed by atoms with Crippen molar-refractivity contribution in [2.45, 2.75) is 0 Å². The predicted octanol–water partition coefficient (Wildman–Crippen LogP) is 1.97. The van der Waals surface area contributed by atoms with Crippen LogP contribution in [0.1, 0.15) is 0 Å². The summed E-state index contributed by atoms with van der Waals surface area (Å²) in [6.45, 7) is 0. The second-order valence-electron chi connectivity index (χ2n) is 2.46. The van der Waals surface area contributed by atoms with Crippen LogP contribution in [0.3, 0.4) is 0 Å². The van der Waals surface area contributed by atoms with E-state index in [9.17, 15) is 0 Å². The fourth-order valence-electron chi connectivity index (χ4n) is 1.06. The van der Waals surface area contributed by atoms with E-state index >= 15 is 0 Å². The van der Waals surface area contributed by atoms with Crippen molar-refractivity contribution < 1.29 is 0 Å². The Morgan fingerprint density at radius 3 is 3.00 bits per heavy atom. The Morgan fingerprint density at radius 1 is 1.33 bits per heavy atom. The molecule has 0 radical (unpaired) electrons. The first-order chi connectivity index (χ1) is 5.77. The molecule has 2 rings (SSSR count). The van der Waals surface area contributed by atoms with E-state index in [1.807, 2.05) is 12.1 Å². The number of hydrogen-bond donors (Lipinski definition) is 1. The molecule has 0 unspecified atom stereocenters. The molecule has 0 aliphatic heterocycles. The Hall–Kier alpha value is -1.16. The zero-order valence-corrected chi connectivity index (χ0v) is 7.75. The summed E-state index contributed by atoms with van der Waals surface area (Å²) in [4.78, 5) is 8.00. The van der Waals surface area contributed by atoms with Crippen LogP contribution in [0, 0.1) is 0 Å². The Morgan fingerprint density at radius 2 is 2.17 bits per heavy atom. The summed E-state index contributed by atoms with van der Waals surface area (Å²) in [5.41, 5.74) is 7.19. The van der Waals surface area contributed by atoms with Crippen LogP contribution in [0.2, 0.25) is 0 Å². The standard InChI is InChI=1S/C8H6BrN3/c9-7-1-5(10)2-8-6(7)3-11-4-12-8/h1-4H,10H2. The van der Waals surface area contributed by atoms with Gasteiger partial charge in [0.15, 0.2) is 0 Å². The highest BCUT2D eigenvalue weighted by Crippen LogP contribution is 2.24. The Kier molecular flexibility index (Phi) is 1.69. The molecule has 0 atom stereocenters. The number of aromatic nitrogens is 2. The monoisotopic (exact) mass is 223 g/mol.